The highest BCUT2D eigenvalue weighted by atomic mass is 79.9. The Morgan fingerprint density at radius 2 is 2.21 bits per heavy atom. The molecule has 1 aromatic heterocycles. The number of nitrogen functional groups attached to an aromatic ring is 1. The Morgan fingerprint density at radius 1 is 1.47 bits per heavy atom. The van der Waals surface area contributed by atoms with Gasteiger partial charge < -0.3 is 10.5 Å². The number of benzene rings is 1. The number of nitro benzene ring substituents is 1. The first kappa shape index (κ1) is 13.2. The van der Waals surface area contributed by atoms with Gasteiger partial charge in [-0.2, -0.15) is 4.98 Å². The highest BCUT2D eigenvalue weighted by molar-refractivity contribution is 9.10. The number of rotatable bonds is 3. The van der Waals surface area contributed by atoms with Gasteiger partial charge in [0.25, 0.3) is 5.69 Å². The Kier molecular flexibility index (Phi) is 3.61. The van der Waals surface area contributed by atoms with E-state index >= 15 is 0 Å². The molecule has 0 fully saturated rings. The normalized spacial score (nSPS) is 10.2. The van der Waals surface area contributed by atoms with E-state index in [1.54, 1.807) is 13.0 Å². The quantitative estimate of drug-likeness (QED) is 0.687. The van der Waals surface area contributed by atoms with E-state index in [9.17, 15) is 10.1 Å². The molecule has 0 bridgehead atoms. The molecular weight excluding hydrogens is 316 g/mol. The molecule has 0 amide bonds. The first-order valence-electron chi connectivity index (χ1n) is 5.19. The third kappa shape index (κ3) is 2.79. The average Bonchev–Trinajstić information content (AvgIpc) is 2.36. The average molecular weight is 325 g/mol. The van der Waals surface area contributed by atoms with Crippen LogP contribution >= 0.6 is 15.9 Å². The van der Waals surface area contributed by atoms with Crippen molar-refractivity contribution in [2.75, 3.05) is 5.73 Å². The minimum absolute atomic E-state index is 0.0714. The van der Waals surface area contributed by atoms with E-state index in [4.69, 9.17) is 10.5 Å². The monoisotopic (exact) mass is 324 g/mol. The molecule has 7 nitrogen and oxygen atoms in total. The van der Waals surface area contributed by atoms with E-state index in [0.717, 1.165) is 0 Å². The molecule has 1 aromatic carbocycles. The van der Waals surface area contributed by atoms with Crippen LogP contribution in [0.5, 0.6) is 11.6 Å². The van der Waals surface area contributed by atoms with Gasteiger partial charge in [0.2, 0.25) is 11.8 Å². The lowest BCUT2D eigenvalue weighted by atomic mass is 10.3. The van der Waals surface area contributed by atoms with Gasteiger partial charge in [0, 0.05) is 17.8 Å². The summed E-state index contributed by atoms with van der Waals surface area (Å²) < 4.78 is 5.78. The van der Waals surface area contributed by atoms with Gasteiger partial charge in [0.15, 0.2) is 5.75 Å². The van der Waals surface area contributed by atoms with Gasteiger partial charge in [0.1, 0.15) is 4.47 Å². The van der Waals surface area contributed by atoms with Crippen LogP contribution in [0.2, 0.25) is 0 Å². The van der Waals surface area contributed by atoms with Crippen molar-refractivity contribution in [2.24, 2.45) is 0 Å². The lowest BCUT2D eigenvalue weighted by Crippen LogP contribution is -1.99. The fourth-order valence-corrected chi connectivity index (χ4v) is 1.86. The summed E-state index contributed by atoms with van der Waals surface area (Å²) in [6.45, 7) is 1.75. The second-order valence-corrected chi connectivity index (χ2v) is 4.46. The maximum absolute atomic E-state index is 10.8. The molecular formula is C11H9BrN4O3. The van der Waals surface area contributed by atoms with Crippen molar-refractivity contribution in [3.8, 4) is 11.6 Å². The Morgan fingerprint density at radius 3 is 2.89 bits per heavy atom. The molecule has 1 heterocycles. The summed E-state index contributed by atoms with van der Waals surface area (Å²) in [5.41, 5.74) is 6.06. The Labute approximate surface area is 116 Å². The van der Waals surface area contributed by atoms with Gasteiger partial charge in [-0.05, 0) is 28.9 Å². The smallest absolute Gasteiger partial charge is 0.287 e. The van der Waals surface area contributed by atoms with E-state index in [0.29, 0.717) is 5.56 Å². The van der Waals surface area contributed by atoms with Crippen molar-refractivity contribution < 1.29 is 9.66 Å². The van der Waals surface area contributed by atoms with Crippen LogP contribution in [0.4, 0.5) is 11.6 Å². The molecule has 2 rings (SSSR count). The molecule has 0 aliphatic rings. The number of anilines is 1. The molecule has 2 aromatic rings. The predicted octanol–water partition coefficient (Wildman–Crippen LogP) is 2.83. The number of aromatic nitrogens is 2. The van der Waals surface area contributed by atoms with Crippen LogP contribution in [0, 0.1) is 17.0 Å². The van der Waals surface area contributed by atoms with Crippen LogP contribution in [0.25, 0.3) is 0 Å². The standard InChI is InChI=1S/C11H9BrN4O3/c1-6-5-14-11(13)15-10(6)19-8-4-2-3-7(9(8)12)16(17)18/h2-5H,1H3,(H2,13,14,15). The van der Waals surface area contributed by atoms with Crippen LogP contribution in [-0.2, 0) is 0 Å². The third-order valence-corrected chi connectivity index (χ3v) is 3.09. The number of ether oxygens (including phenoxy) is 1. The molecule has 0 atom stereocenters. The minimum atomic E-state index is -0.502. The van der Waals surface area contributed by atoms with Gasteiger partial charge in [-0.25, -0.2) is 4.98 Å². The predicted molar refractivity (Wildman–Crippen MR) is 72.1 cm³/mol. The molecule has 0 spiro atoms. The molecule has 0 aliphatic carbocycles. The van der Waals surface area contributed by atoms with Crippen LogP contribution < -0.4 is 10.5 Å². The molecule has 0 unspecified atom stereocenters. The van der Waals surface area contributed by atoms with Crippen LogP contribution in [0.1, 0.15) is 5.56 Å². The molecule has 0 saturated heterocycles. The van der Waals surface area contributed by atoms with E-state index < -0.39 is 4.92 Å². The van der Waals surface area contributed by atoms with Crippen LogP contribution in [-0.4, -0.2) is 14.9 Å². The first-order chi connectivity index (χ1) is 8.99. The maximum atomic E-state index is 10.8. The number of nitro groups is 1. The molecule has 19 heavy (non-hydrogen) atoms. The van der Waals surface area contributed by atoms with E-state index in [-0.39, 0.29) is 27.7 Å². The zero-order valence-electron chi connectivity index (χ0n) is 9.83. The van der Waals surface area contributed by atoms with Crippen molar-refractivity contribution >= 4 is 27.6 Å². The number of halogens is 1. The summed E-state index contributed by atoms with van der Waals surface area (Å²) in [6, 6.07) is 4.49. The molecule has 98 valence electrons. The fourth-order valence-electron chi connectivity index (χ4n) is 1.37. The Hall–Kier alpha value is -2.22. The summed E-state index contributed by atoms with van der Waals surface area (Å²) in [5, 5.41) is 10.8. The summed E-state index contributed by atoms with van der Waals surface area (Å²) in [6.07, 6.45) is 1.52. The Balaban J connectivity index is 2.41. The van der Waals surface area contributed by atoms with Gasteiger partial charge in [-0.3, -0.25) is 10.1 Å². The molecule has 2 N–H and O–H groups in total. The second-order valence-electron chi connectivity index (χ2n) is 3.66. The van der Waals surface area contributed by atoms with Crippen molar-refractivity contribution in [1.29, 1.82) is 0 Å². The summed E-state index contributed by atoms with van der Waals surface area (Å²) in [7, 11) is 0. The van der Waals surface area contributed by atoms with E-state index in [1.807, 2.05) is 0 Å². The molecule has 8 heteroatoms. The topological polar surface area (TPSA) is 104 Å². The first-order valence-corrected chi connectivity index (χ1v) is 5.98. The maximum Gasteiger partial charge on any atom is 0.287 e. The van der Waals surface area contributed by atoms with E-state index in [2.05, 4.69) is 25.9 Å². The number of hydrogen-bond acceptors (Lipinski definition) is 6. The van der Waals surface area contributed by atoms with Gasteiger partial charge in [-0.1, -0.05) is 6.07 Å². The highest BCUT2D eigenvalue weighted by Gasteiger charge is 2.17. The summed E-state index contributed by atoms with van der Waals surface area (Å²) in [4.78, 5) is 18.1. The highest BCUT2D eigenvalue weighted by Crippen LogP contribution is 2.36. The number of nitrogens with zero attached hydrogens (tertiary/aromatic N) is 3. The van der Waals surface area contributed by atoms with Crippen LogP contribution in [0.15, 0.2) is 28.9 Å². The van der Waals surface area contributed by atoms with Crippen molar-refractivity contribution in [3.05, 3.63) is 44.5 Å². The van der Waals surface area contributed by atoms with E-state index in [1.165, 1.54) is 18.3 Å². The Bertz CT molecular complexity index is 648. The van der Waals surface area contributed by atoms with Crippen LogP contribution in [0.3, 0.4) is 0 Å². The molecule has 0 saturated carbocycles. The zero-order valence-corrected chi connectivity index (χ0v) is 11.4. The number of nitrogens with two attached hydrogens (primary N) is 1. The van der Waals surface area contributed by atoms with Crippen molar-refractivity contribution in [3.63, 3.8) is 0 Å². The summed E-state index contributed by atoms with van der Waals surface area (Å²) in [5.74, 6) is 0.617. The molecule has 0 aliphatic heterocycles. The number of hydrogen-bond donors (Lipinski definition) is 1. The van der Waals surface area contributed by atoms with Crippen molar-refractivity contribution in [1.82, 2.24) is 9.97 Å². The summed E-state index contributed by atoms with van der Waals surface area (Å²) >= 11 is 3.14. The van der Waals surface area contributed by atoms with Gasteiger partial charge >= 0.3 is 0 Å². The van der Waals surface area contributed by atoms with Crippen molar-refractivity contribution in [2.45, 2.75) is 6.92 Å². The molecule has 0 radical (unpaired) electrons. The van der Waals surface area contributed by atoms with Gasteiger partial charge in [-0.15, -0.1) is 0 Å². The SMILES string of the molecule is Cc1cnc(N)nc1Oc1cccc([N+](=O)[O-])c1Br. The zero-order chi connectivity index (χ0) is 14.0. The fraction of sp³-hybridized carbons (Fsp3) is 0.0909. The van der Waals surface area contributed by atoms with Gasteiger partial charge in [0.05, 0.1) is 4.92 Å². The third-order valence-electron chi connectivity index (χ3n) is 2.29. The minimum Gasteiger partial charge on any atom is -0.437 e. The largest absolute Gasteiger partial charge is 0.437 e. The lowest BCUT2D eigenvalue weighted by Gasteiger charge is -2.09. The lowest BCUT2D eigenvalue weighted by molar-refractivity contribution is -0.385. The number of aryl methyl sites for hydroxylation is 1. The second kappa shape index (κ2) is 5.19.